The van der Waals surface area contributed by atoms with Crippen LogP contribution in [-0.2, 0) is 16.6 Å². The molecule has 0 unspecified atom stereocenters. The molecule has 0 N–H and O–H groups in total. The second-order valence-corrected chi connectivity index (χ2v) is 9.21. The highest BCUT2D eigenvalue weighted by Gasteiger charge is 2.37. The molecule has 0 saturated carbocycles. The van der Waals surface area contributed by atoms with Gasteiger partial charge < -0.3 is 0 Å². The zero-order valence-corrected chi connectivity index (χ0v) is 14.6. The van der Waals surface area contributed by atoms with E-state index in [0.717, 1.165) is 11.3 Å². The Morgan fingerprint density at radius 2 is 1.59 bits per heavy atom. The zero-order valence-electron chi connectivity index (χ0n) is 13.8. The van der Waals surface area contributed by atoms with Gasteiger partial charge in [0.1, 0.15) is 17.3 Å². The molecule has 1 nitrogen and oxygen atoms in total. The van der Waals surface area contributed by atoms with E-state index in [9.17, 15) is 0 Å². The summed E-state index contributed by atoms with van der Waals surface area (Å²) in [5.74, 6) is 15.6. The van der Waals surface area contributed by atoms with Crippen molar-refractivity contribution in [2.75, 3.05) is 11.5 Å². The van der Waals surface area contributed by atoms with Crippen molar-refractivity contribution in [1.82, 2.24) is 0 Å². The molecule has 0 aliphatic carbocycles. The SMILES string of the molecule is CC1(C)C#CC(C)(C)C[S+](Cc2ccc(C#CC#N)cc2)C1. The van der Waals surface area contributed by atoms with Gasteiger partial charge >= 0.3 is 0 Å². The molecular formula is C20H22NS+. The average Bonchev–Trinajstić information content (AvgIpc) is 2.53. The summed E-state index contributed by atoms with van der Waals surface area (Å²) in [6, 6.07) is 10.1. The molecule has 22 heavy (non-hydrogen) atoms. The lowest BCUT2D eigenvalue weighted by Crippen LogP contribution is -2.28. The molecule has 1 aromatic carbocycles. The molecule has 0 bridgehead atoms. The molecule has 0 spiro atoms. The number of hydrogen-bond donors (Lipinski definition) is 0. The summed E-state index contributed by atoms with van der Waals surface area (Å²) in [4.78, 5) is 0. The number of rotatable bonds is 2. The van der Waals surface area contributed by atoms with Crippen LogP contribution >= 0.6 is 0 Å². The normalized spacial score (nSPS) is 18.9. The topological polar surface area (TPSA) is 23.8 Å². The quantitative estimate of drug-likeness (QED) is 0.603. The van der Waals surface area contributed by atoms with E-state index in [1.165, 1.54) is 17.1 Å². The first-order chi connectivity index (χ1) is 10.3. The molecule has 1 aliphatic rings. The van der Waals surface area contributed by atoms with Crippen molar-refractivity contribution < 1.29 is 0 Å². The van der Waals surface area contributed by atoms with E-state index < -0.39 is 0 Å². The van der Waals surface area contributed by atoms with Crippen molar-refractivity contribution in [1.29, 1.82) is 5.26 Å². The van der Waals surface area contributed by atoms with Crippen LogP contribution in [0.3, 0.4) is 0 Å². The highest BCUT2D eigenvalue weighted by Crippen LogP contribution is 2.30. The molecule has 2 rings (SSSR count). The van der Waals surface area contributed by atoms with Crippen molar-refractivity contribution in [3.8, 4) is 29.8 Å². The van der Waals surface area contributed by atoms with Crippen molar-refractivity contribution in [3.05, 3.63) is 35.4 Å². The third-order valence-electron chi connectivity index (χ3n) is 3.46. The minimum absolute atomic E-state index is 0.106. The van der Waals surface area contributed by atoms with Crippen LogP contribution in [0, 0.1) is 45.8 Å². The Balaban J connectivity index is 2.11. The van der Waals surface area contributed by atoms with Gasteiger partial charge in [-0.15, -0.1) is 0 Å². The Bertz CT molecular complexity index is 675. The lowest BCUT2D eigenvalue weighted by Gasteiger charge is -2.19. The van der Waals surface area contributed by atoms with Gasteiger partial charge in [-0.2, -0.15) is 5.26 Å². The molecule has 0 fully saturated rings. The van der Waals surface area contributed by atoms with E-state index in [4.69, 9.17) is 5.26 Å². The second-order valence-electron chi connectivity index (χ2n) is 7.12. The van der Waals surface area contributed by atoms with E-state index in [1.54, 1.807) is 0 Å². The van der Waals surface area contributed by atoms with Gasteiger partial charge in [-0.05, 0) is 50.7 Å². The fourth-order valence-electron chi connectivity index (χ4n) is 2.60. The van der Waals surface area contributed by atoms with Crippen molar-refractivity contribution in [2.24, 2.45) is 10.8 Å². The molecule has 0 atom stereocenters. The maximum Gasteiger partial charge on any atom is 0.152 e. The summed E-state index contributed by atoms with van der Waals surface area (Å²) in [5, 5.41) is 8.49. The minimum Gasteiger partial charge on any atom is -0.183 e. The number of nitrogens with zero attached hydrogens (tertiary/aromatic N) is 1. The largest absolute Gasteiger partial charge is 0.183 e. The fourth-order valence-corrected chi connectivity index (χ4v) is 5.76. The van der Waals surface area contributed by atoms with Crippen LogP contribution in [0.25, 0.3) is 0 Å². The molecule has 0 saturated heterocycles. The van der Waals surface area contributed by atoms with Gasteiger partial charge in [0.25, 0.3) is 0 Å². The molecular weight excluding hydrogens is 286 g/mol. The van der Waals surface area contributed by atoms with Crippen molar-refractivity contribution >= 4 is 10.9 Å². The van der Waals surface area contributed by atoms with Crippen LogP contribution in [-0.4, -0.2) is 11.5 Å². The van der Waals surface area contributed by atoms with Crippen molar-refractivity contribution in [2.45, 2.75) is 33.4 Å². The number of hydrogen-bond acceptors (Lipinski definition) is 1. The van der Waals surface area contributed by atoms with Crippen LogP contribution < -0.4 is 0 Å². The lowest BCUT2D eigenvalue weighted by molar-refractivity contribution is 0.574. The minimum atomic E-state index is 0.106. The number of benzene rings is 1. The van der Waals surface area contributed by atoms with Crippen LogP contribution in [0.1, 0.15) is 38.8 Å². The molecule has 0 radical (unpaired) electrons. The second kappa shape index (κ2) is 6.52. The molecule has 1 heterocycles. The lowest BCUT2D eigenvalue weighted by atomic mass is 9.92. The predicted octanol–water partition coefficient (Wildman–Crippen LogP) is 3.75. The Morgan fingerprint density at radius 1 is 1.05 bits per heavy atom. The molecule has 112 valence electrons. The Hall–Kier alpha value is -1.82. The number of nitriles is 1. The Kier molecular flexibility index (Phi) is 4.90. The van der Waals surface area contributed by atoms with Gasteiger partial charge in [0.05, 0.1) is 10.8 Å². The van der Waals surface area contributed by atoms with E-state index in [2.05, 4.69) is 63.5 Å². The summed E-state index contributed by atoms with van der Waals surface area (Å²) in [7, 11) is 0.323. The van der Waals surface area contributed by atoms with Crippen LogP contribution in [0.2, 0.25) is 0 Å². The molecule has 1 aliphatic heterocycles. The highest BCUT2D eigenvalue weighted by molar-refractivity contribution is 7.96. The summed E-state index contributed by atoms with van der Waals surface area (Å²) in [6.07, 6.45) is 0. The molecule has 0 aromatic heterocycles. The van der Waals surface area contributed by atoms with Gasteiger partial charge in [0.15, 0.2) is 6.07 Å². The summed E-state index contributed by atoms with van der Waals surface area (Å²) in [5.41, 5.74) is 2.46. The van der Waals surface area contributed by atoms with E-state index in [0.29, 0.717) is 10.9 Å². The predicted molar refractivity (Wildman–Crippen MR) is 95.1 cm³/mol. The third kappa shape index (κ3) is 4.87. The Labute approximate surface area is 137 Å². The summed E-state index contributed by atoms with van der Waals surface area (Å²) >= 11 is 0. The molecule has 1 aromatic rings. The van der Waals surface area contributed by atoms with Gasteiger partial charge in [0.2, 0.25) is 0 Å². The van der Waals surface area contributed by atoms with Crippen molar-refractivity contribution in [3.63, 3.8) is 0 Å². The monoisotopic (exact) mass is 308 g/mol. The average molecular weight is 308 g/mol. The van der Waals surface area contributed by atoms with Crippen LogP contribution in [0.15, 0.2) is 24.3 Å². The van der Waals surface area contributed by atoms with Crippen LogP contribution in [0.4, 0.5) is 0 Å². The standard InChI is InChI=1S/C20H22NS/c1-19(2)11-12-20(3,4)16-22(15-19)14-18-9-7-17(8-10-18)6-5-13-21/h7-10H,14-16H2,1-4H3/q+1. The van der Waals surface area contributed by atoms with E-state index in [-0.39, 0.29) is 10.8 Å². The molecule has 2 heteroatoms. The Morgan fingerprint density at radius 3 is 2.09 bits per heavy atom. The van der Waals surface area contributed by atoms with Gasteiger partial charge in [-0.1, -0.05) is 29.9 Å². The first-order valence-corrected chi connectivity index (χ1v) is 9.20. The third-order valence-corrected chi connectivity index (χ3v) is 6.46. The zero-order chi connectivity index (χ0) is 16.2. The molecule has 0 amide bonds. The summed E-state index contributed by atoms with van der Waals surface area (Å²) < 4.78 is 0. The fraction of sp³-hybridized carbons (Fsp3) is 0.450. The van der Waals surface area contributed by atoms with Crippen LogP contribution in [0.5, 0.6) is 0 Å². The smallest absolute Gasteiger partial charge is 0.152 e. The van der Waals surface area contributed by atoms with Gasteiger partial charge in [-0.3, -0.25) is 0 Å². The first-order valence-electron chi connectivity index (χ1n) is 7.47. The van der Waals surface area contributed by atoms with Gasteiger partial charge in [-0.25, -0.2) is 0 Å². The first kappa shape index (κ1) is 16.5. The van der Waals surface area contributed by atoms with E-state index in [1.807, 2.05) is 18.2 Å². The maximum atomic E-state index is 8.49. The maximum absolute atomic E-state index is 8.49. The van der Waals surface area contributed by atoms with E-state index >= 15 is 0 Å². The highest BCUT2D eigenvalue weighted by atomic mass is 32.2. The van der Waals surface area contributed by atoms with Gasteiger partial charge in [0, 0.05) is 17.0 Å². The summed E-state index contributed by atoms with van der Waals surface area (Å²) in [6.45, 7) is 9.01.